The first-order valence-corrected chi connectivity index (χ1v) is 8.33. The Morgan fingerprint density at radius 1 is 1.09 bits per heavy atom. The van der Waals surface area contributed by atoms with Crippen LogP contribution in [-0.4, -0.2) is 25.3 Å². The van der Waals surface area contributed by atoms with Crippen molar-refractivity contribution in [3.05, 3.63) is 54.8 Å². The lowest BCUT2D eigenvalue weighted by Gasteiger charge is -2.03. The lowest BCUT2D eigenvalue weighted by Crippen LogP contribution is -2.01. The maximum atomic E-state index is 5.52. The fourth-order valence-electron chi connectivity index (χ4n) is 2.38. The summed E-state index contributed by atoms with van der Waals surface area (Å²) in [6.07, 6.45) is 1.64. The van der Waals surface area contributed by atoms with Gasteiger partial charge in [0.25, 0.3) is 0 Å². The van der Waals surface area contributed by atoms with Crippen LogP contribution in [0.2, 0.25) is 0 Å². The zero-order valence-corrected chi connectivity index (χ0v) is 13.3. The highest BCUT2D eigenvalue weighted by Gasteiger charge is 2.15. The van der Waals surface area contributed by atoms with Crippen molar-refractivity contribution >= 4 is 17.4 Å². The molecule has 0 bridgehead atoms. The van der Waals surface area contributed by atoms with Gasteiger partial charge in [-0.2, -0.15) is 14.6 Å². The summed E-state index contributed by atoms with van der Waals surface area (Å²) in [4.78, 5) is 9.19. The number of hydrogen-bond acceptors (Lipinski definition) is 5. The second-order valence-corrected chi connectivity index (χ2v) is 6.14. The quantitative estimate of drug-likeness (QED) is 0.528. The molecule has 0 aliphatic heterocycles. The molecule has 4 aromatic rings. The van der Waals surface area contributed by atoms with E-state index in [0.717, 1.165) is 27.8 Å². The third-order valence-corrected chi connectivity index (χ3v) is 4.12. The van der Waals surface area contributed by atoms with E-state index in [0.29, 0.717) is 11.6 Å². The van der Waals surface area contributed by atoms with Crippen LogP contribution in [0.1, 0.15) is 6.92 Å². The lowest BCUT2D eigenvalue weighted by atomic mass is 10.2. The predicted octanol–water partition coefficient (Wildman–Crippen LogP) is 4.16. The molecule has 0 spiro atoms. The van der Waals surface area contributed by atoms with Gasteiger partial charge in [0.1, 0.15) is 0 Å². The minimum absolute atomic E-state index is 0.665. The second-order valence-electron chi connectivity index (χ2n) is 4.91. The third kappa shape index (κ3) is 2.61. The van der Waals surface area contributed by atoms with Gasteiger partial charge in [-0.25, -0.2) is 4.98 Å². The van der Waals surface area contributed by atoms with Gasteiger partial charge in [0.2, 0.25) is 5.82 Å². The van der Waals surface area contributed by atoms with E-state index in [1.54, 1.807) is 22.5 Å². The van der Waals surface area contributed by atoms with Crippen LogP contribution in [0.15, 0.2) is 64.4 Å². The summed E-state index contributed by atoms with van der Waals surface area (Å²) in [5.74, 6) is 2.25. The molecule has 0 fully saturated rings. The van der Waals surface area contributed by atoms with Crippen molar-refractivity contribution in [3.63, 3.8) is 0 Å². The van der Waals surface area contributed by atoms with Gasteiger partial charge in [-0.15, -0.1) is 0 Å². The predicted molar refractivity (Wildman–Crippen MR) is 90.3 cm³/mol. The van der Waals surface area contributed by atoms with E-state index in [4.69, 9.17) is 4.42 Å². The lowest BCUT2D eigenvalue weighted by molar-refractivity contribution is 0.571. The van der Waals surface area contributed by atoms with Gasteiger partial charge in [0, 0.05) is 11.6 Å². The Hall–Kier alpha value is -2.60. The van der Waals surface area contributed by atoms with Crippen LogP contribution in [-0.2, 0) is 0 Å². The molecule has 0 radical (unpaired) electrons. The molecule has 0 aliphatic carbocycles. The van der Waals surface area contributed by atoms with Crippen LogP contribution in [0.3, 0.4) is 0 Å². The molecule has 0 amide bonds. The average Bonchev–Trinajstić information content (AvgIpc) is 3.25. The summed E-state index contributed by atoms with van der Waals surface area (Å²) in [6, 6.07) is 15.7. The van der Waals surface area contributed by atoms with E-state index >= 15 is 0 Å². The van der Waals surface area contributed by atoms with E-state index in [9.17, 15) is 0 Å². The van der Waals surface area contributed by atoms with E-state index < -0.39 is 0 Å². The normalized spacial score (nSPS) is 11.2. The molecule has 0 N–H and O–H groups in total. The number of fused-ring (bicyclic) bond motifs is 1. The van der Waals surface area contributed by atoms with Gasteiger partial charge in [-0.05, 0) is 17.9 Å². The first kappa shape index (κ1) is 14.0. The van der Waals surface area contributed by atoms with Crippen LogP contribution in [0.4, 0.5) is 0 Å². The number of benzene rings is 1. The molecule has 0 saturated carbocycles. The molecule has 23 heavy (non-hydrogen) atoms. The highest BCUT2D eigenvalue weighted by molar-refractivity contribution is 7.99. The molecule has 3 heterocycles. The molecule has 0 unspecified atom stereocenters. The van der Waals surface area contributed by atoms with Crippen molar-refractivity contribution < 1.29 is 4.42 Å². The Morgan fingerprint density at radius 2 is 1.96 bits per heavy atom. The van der Waals surface area contributed by atoms with Gasteiger partial charge in [0.05, 0.1) is 12.0 Å². The van der Waals surface area contributed by atoms with Crippen LogP contribution >= 0.6 is 11.8 Å². The highest BCUT2D eigenvalue weighted by atomic mass is 32.2. The van der Waals surface area contributed by atoms with E-state index in [1.165, 1.54) is 0 Å². The number of aromatic nitrogens is 4. The van der Waals surface area contributed by atoms with Crippen molar-refractivity contribution in [1.29, 1.82) is 0 Å². The van der Waals surface area contributed by atoms with Crippen molar-refractivity contribution in [2.75, 3.05) is 5.75 Å². The van der Waals surface area contributed by atoms with Crippen molar-refractivity contribution in [3.8, 4) is 22.8 Å². The Kier molecular flexibility index (Phi) is 3.59. The molecular weight excluding hydrogens is 308 g/mol. The molecule has 0 saturated heterocycles. The summed E-state index contributed by atoms with van der Waals surface area (Å²) in [6.45, 7) is 2.08. The Morgan fingerprint density at radius 3 is 2.70 bits per heavy atom. The van der Waals surface area contributed by atoms with Crippen molar-refractivity contribution in [2.24, 2.45) is 0 Å². The summed E-state index contributed by atoms with van der Waals surface area (Å²) in [5, 5.41) is 5.39. The SMILES string of the molecule is CCSc1nc(-c2ccco2)n2nc(-c3ccccc3)cc2n1. The number of rotatable bonds is 4. The van der Waals surface area contributed by atoms with Crippen LogP contribution in [0.5, 0.6) is 0 Å². The first-order chi connectivity index (χ1) is 11.3. The van der Waals surface area contributed by atoms with Gasteiger partial charge >= 0.3 is 0 Å². The van der Waals surface area contributed by atoms with E-state index in [-0.39, 0.29) is 0 Å². The summed E-state index contributed by atoms with van der Waals surface area (Å²) < 4.78 is 7.25. The Balaban J connectivity index is 1.94. The van der Waals surface area contributed by atoms with Gasteiger partial charge in [-0.1, -0.05) is 49.0 Å². The van der Waals surface area contributed by atoms with Crippen LogP contribution in [0.25, 0.3) is 28.5 Å². The van der Waals surface area contributed by atoms with Gasteiger partial charge in [-0.3, -0.25) is 0 Å². The van der Waals surface area contributed by atoms with Crippen LogP contribution < -0.4 is 0 Å². The molecule has 1 aromatic carbocycles. The van der Waals surface area contributed by atoms with Crippen molar-refractivity contribution in [2.45, 2.75) is 12.1 Å². The second kappa shape index (κ2) is 5.89. The number of thioether (sulfide) groups is 1. The summed E-state index contributed by atoms with van der Waals surface area (Å²) in [7, 11) is 0. The monoisotopic (exact) mass is 322 g/mol. The first-order valence-electron chi connectivity index (χ1n) is 7.35. The third-order valence-electron chi connectivity index (χ3n) is 3.39. The van der Waals surface area contributed by atoms with Crippen molar-refractivity contribution in [1.82, 2.24) is 19.6 Å². The summed E-state index contributed by atoms with van der Waals surface area (Å²) >= 11 is 1.60. The zero-order chi connectivity index (χ0) is 15.6. The minimum atomic E-state index is 0.665. The molecule has 114 valence electrons. The highest BCUT2D eigenvalue weighted by Crippen LogP contribution is 2.25. The zero-order valence-electron chi connectivity index (χ0n) is 12.5. The Bertz CT molecular complexity index is 932. The van der Waals surface area contributed by atoms with Gasteiger partial charge < -0.3 is 4.42 Å². The largest absolute Gasteiger partial charge is 0.461 e. The fraction of sp³-hybridized carbons (Fsp3) is 0.118. The summed E-state index contributed by atoms with van der Waals surface area (Å²) in [5.41, 5.74) is 2.68. The molecule has 3 aromatic heterocycles. The Labute approximate surface area is 137 Å². The molecule has 4 rings (SSSR count). The standard InChI is InChI=1S/C17H14N4OS/c1-2-23-17-18-15-11-13(12-7-4-3-5-8-12)20-21(15)16(19-17)14-9-6-10-22-14/h3-11H,2H2,1H3. The number of nitrogens with zero attached hydrogens (tertiary/aromatic N) is 4. The maximum absolute atomic E-state index is 5.52. The number of furan rings is 1. The maximum Gasteiger partial charge on any atom is 0.201 e. The molecule has 0 aliphatic rings. The number of hydrogen-bond donors (Lipinski definition) is 0. The van der Waals surface area contributed by atoms with Crippen LogP contribution in [0, 0.1) is 0 Å². The topological polar surface area (TPSA) is 56.2 Å². The molecule has 5 nitrogen and oxygen atoms in total. The minimum Gasteiger partial charge on any atom is -0.461 e. The van der Waals surface area contributed by atoms with E-state index in [2.05, 4.69) is 22.0 Å². The van der Waals surface area contributed by atoms with Gasteiger partial charge in [0.15, 0.2) is 16.6 Å². The van der Waals surface area contributed by atoms with E-state index in [1.807, 2.05) is 48.5 Å². The molecular formula is C17H14N4OS. The average molecular weight is 322 g/mol. The molecule has 6 heteroatoms. The molecule has 0 atom stereocenters. The fourth-order valence-corrected chi connectivity index (χ4v) is 2.94. The smallest absolute Gasteiger partial charge is 0.201 e.